The van der Waals surface area contributed by atoms with Crippen LogP contribution < -0.4 is 5.73 Å². The third-order valence-electron chi connectivity index (χ3n) is 2.19. The lowest BCUT2D eigenvalue weighted by molar-refractivity contribution is -0.142. The summed E-state index contributed by atoms with van der Waals surface area (Å²) >= 11 is 0. The van der Waals surface area contributed by atoms with E-state index in [2.05, 4.69) is 4.74 Å². The van der Waals surface area contributed by atoms with Gasteiger partial charge in [0.25, 0.3) is 0 Å². The zero-order valence-corrected chi connectivity index (χ0v) is 8.58. The average Bonchev–Trinajstić information content (AvgIpc) is 2.14. The molecule has 0 aromatic rings. The van der Waals surface area contributed by atoms with Gasteiger partial charge in [-0.2, -0.15) is 0 Å². The van der Waals surface area contributed by atoms with Gasteiger partial charge in [-0.15, -0.1) is 0 Å². The van der Waals surface area contributed by atoms with E-state index in [0.29, 0.717) is 19.6 Å². The monoisotopic (exact) mass is 189 g/mol. The van der Waals surface area contributed by atoms with Gasteiger partial charge in [0.15, 0.2) is 0 Å². The summed E-state index contributed by atoms with van der Waals surface area (Å²) < 4.78 is 9.57. The number of methoxy groups -OCH3 is 2. The Morgan fingerprint density at radius 3 is 2.46 bits per heavy atom. The van der Waals surface area contributed by atoms with Crippen molar-refractivity contribution < 1.29 is 14.3 Å². The van der Waals surface area contributed by atoms with Gasteiger partial charge >= 0.3 is 5.97 Å². The zero-order valence-electron chi connectivity index (χ0n) is 8.58. The first-order chi connectivity index (χ1) is 6.15. The van der Waals surface area contributed by atoms with Crippen LogP contribution in [0.15, 0.2) is 0 Å². The fourth-order valence-corrected chi connectivity index (χ4v) is 1.21. The Kier molecular flexibility index (Phi) is 6.54. The summed E-state index contributed by atoms with van der Waals surface area (Å²) in [6, 6.07) is 0. The highest BCUT2D eigenvalue weighted by atomic mass is 16.5. The van der Waals surface area contributed by atoms with Crippen LogP contribution in [0, 0.1) is 11.8 Å². The second-order valence-electron chi connectivity index (χ2n) is 3.21. The quantitative estimate of drug-likeness (QED) is 0.615. The number of carbonyl (C=O) groups is 1. The highest BCUT2D eigenvalue weighted by Gasteiger charge is 2.19. The standard InChI is InChI=1S/C9H19NO3/c1-7(6-12-2)8(5-10)4-9(11)13-3/h7-8H,4-6,10H2,1-3H3. The number of hydrogen-bond donors (Lipinski definition) is 1. The highest BCUT2D eigenvalue weighted by molar-refractivity contribution is 5.69. The Labute approximate surface area is 79.4 Å². The summed E-state index contributed by atoms with van der Waals surface area (Å²) in [6.07, 6.45) is 0.373. The van der Waals surface area contributed by atoms with Crippen LogP contribution in [0.5, 0.6) is 0 Å². The molecule has 4 nitrogen and oxygen atoms in total. The van der Waals surface area contributed by atoms with Gasteiger partial charge in [-0.25, -0.2) is 0 Å². The van der Waals surface area contributed by atoms with Gasteiger partial charge in [0.05, 0.1) is 7.11 Å². The summed E-state index contributed by atoms with van der Waals surface area (Å²) in [4.78, 5) is 11.0. The van der Waals surface area contributed by atoms with Crippen molar-refractivity contribution in [3.05, 3.63) is 0 Å². The first kappa shape index (κ1) is 12.4. The molecule has 2 unspecified atom stereocenters. The Morgan fingerprint density at radius 2 is 2.08 bits per heavy atom. The summed E-state index contributed by atoms with van der Waals surface area (Å²) in [5.41, 5.74) is 5.54. The third-order valence-corrected chi connectivity index (χ3v) is 2.19. The summed E-state index contributed by atoms with van der Waals surface area (Å²) in [7, 11) is 3.03. The minimum Gasteiger partial charge on any atom is -0.469 e. The van der Waals surface area contributed by atoms with E-state index < -0.39 is 0 Å². The number of esters is 1. The largest absolute Gasteiger partial charge is 0.469 e. The molecule has 0 aliphatic rings. The molecule has 0 bridgehead atoms. The molecule has 0 rings (SSSR count). The number of carbonyl (C=O) groups excluding carboxylic acids is 1. The second kappa shape index (κ2) is 6.86. The first-order valence-corrected chi connectivity index (χ1v) is 4.41. The first-order valence-electron chi connectivity index (χ1n) is 4.41. The van der Waals surface area contributed by atoms with E-state index in [1.165, 1.54) is 7.11 Å². The Balaban J connectivity index is 3.93. The molecule has 0 spiro atoms. The maximum Gasteiger partial charge on any atom is 0.305 e. The van der Waals surface area contributed by atoms with E-state index in [-0.39, 0.29) is 17.8 Å². The van der Waals surface area contributed by atoms with Crippen LogP contribution in [0.1, 0.15) is 13.3 Å². The molecule has 0 saturated heterocycles. The third kappa shape index (κ3) is 4.85. The SMILES string of the molecule is COCC(C)C(CN)CC(=O)OC. The van der Waals surface area contributed by atoms with Crippen molar-refractivity contribution in [1.29, 1.82) is 0 Å². The van der Waals surface area contributed by atoms with E-state index in [4.69, 9.17) is 10.5 Å². The van der Waals surface area contributed by atoms with Gasteiger partial charge in [0, 0.05) is 20.1 Å². The molecule has 0 heterocycles. The molecular weight excluding hydrogens is 170 g/mol. The lowest BCUT2D eigenvalue weighted by Crippen LogP contribution is -2.27. The Hall–Kier alpha value is -0.610. The summed E-state index contributed by atoms with van der Waals surface area (Å²) in [6.45, 7) is 3.13. The van der Waals surface area contributed by atoms with Crippen LogP contribution in [0.25, 0.3) is 0 Å². The number of rotatable bonds is 6. The lowest BCUT2D eigenvalue weighted by atomic mass is 9.92. The molecule has 0 saturated carbocycles. The fourth-order valence-electron chi connectivity index (χ4n) is 1.21. The van der Waals surface area contributed by atoms with E-state index >= 15 is 0 Å². The summed E-state index contributed by atoms with van der Waals surface area (Å²) in [5.74, 6) is 0.222. The second-order valence-corrected chi connectivity index (χ2v) is 3.21. The van der Waals surface area contributed by atoms with Crippen LogP contribution in [0.2, 0.25) is 0 Å². The van der Waals surface area contributed by atoms with Gasteiger partial charge in [0.2, 0.25) is 0 Å². The minimum atomic E-state index is -0.210. The fraction of sp³-hybridized carbons (Fsp3) is 0.889. The molecule has 2 atom stereocenters. The number of ether oxygens (including phenoxy) is 2. The van der Waals surface area contributed by atoms with Crippen molar-refractivity contribution in [2.24, 2.45) is 17.6 Å². The average molecular weight is 189 g/mol. The molecular formula is C9H19NO3. The summed E-state index contributed by atoms with van der Waals surface area (Å²) in [5, 5.41) is 0. The zero-order chi connectivity index (χ0) is 10.3. The molecule has 0 amide bonds. The van der Waals surface area contributed by atoms with Gasteiger partial charge in [-0.05, 0) is 18.4 Å². The molecule has 78 valence electrons. The van der Waals surface area contributed by atoms with Crippen molar-refractivity contribution >= 4 is 5.97 Å². The van der Waals surface area contributed by atoms with Gasteiger partial charge in [-0.1, -0.05) is 6.92 Å². The molecule has 4 heteroatoms. The minimum absolute atomic E-state index is 0.146. The Bertz CT molecular complexity index is 150. The van der Waals surface area contributed by atoms with Crippen LogP contribution >= 0.6 is 0 Å². The maximum atomic E-state index is 11.0. The Morgan fingerprint density at radius 1 is 1.46 bits per heavy atom. The molecule has 0 aliphatic heterocycles. The van der Waals surface area contributed by atoms with E-state index in [9.17, 15) is 4.79 Å². The van der Waals surface area contributed by atoms with Gasteiger partial charge < -0.3 is 15.2 Å². The predicted molar refractivity (Wildman–Crippen MR) is 50.2 cm³/mol. The van der Waals surface area contributed by atoms with Crippen molar-refractivity contribution in [3.8, 4) is 0 Å². The van der Waals surface area contributed by atoms with Crippen LogP contribution in [-0.2, 0) is 14.3 Å². The molecule has 0 aromatic heterocycles. The lowest BCUT2D eigenvalue weighted by Gasteiger charge is -2.20. The number of hydrogen-bond acceptors (Lipinski definition) is 4. The van der Waals surface area contributed by atoms with Crippen LogP contribution in [0.3, 0.4) is 0 Å². The van der Waals surface area contributed by atoms with Gasteiger partial charge in [0.1, 0.15) is 0 Å². The normalized spacial score (nSPS) is 15.1. The molecule has 0 radical (unpaired) electrons. The van der Waals surface area contributed by atoms with Crippen LogP contribution in [-0.4, -0.2) is 33.3 Å². The van der Waals surface area contributed by atoms with Crippen molar-refractivity contribution in [3.63, 3.8) is 0 Å². The van der Waals surface area contributed by atoms with E-state index in [1.807, 2.05) is 6.92 Å². The molecule has 13 heavy (non-hydrogen) atoms. The van der Waals surface area contributed by atoms with Crippen molar-refractivity contribution in [2.75, 3.05) is 27.4 Å². The van der Waals surface area contributed by atoms with Gasteiger partial charge in [-0.3, -0.25) is 4.79 Å². The molecule has 0 aromatic carbocycles. The van der Waals surface area contributed by atoms with Crippen molar-refractivity contribution in [2.45, 2.75) is 13.3 Å². The van der Waals surface area contributed by atoms with E-state index in [1.54, 1.807) is 7.11 Å². The highest BCUT2D eigenvalue weighted by Crippen LogP contribution is 2.15. The number of nitrogens with two attached hydrogens (primary N) is 1. The molecule has 0 aliphatic carbocycles. The maximum absolute atomic E-state index is 11.0. The smallest absolute Gasteiger partial charge is 0.305 e. The van der Waals surface area contributed by atoms with Crippen molar-refractivity contribution in [1.82, 2.24) is 0 Å². The molecule has 2 N–H and O–H groups in total. The predicted octanol–water partition coefficient (Wildman–Crippen LogP) is 0.407. The van der Waals surface area contributed by atoms with E-state index in [0.717, 1.165) is 0 Å². The topological polar surface area (TPSA) is 61.5 Å². The molecule has 0 fully saturated rings. The van der Waals surface area contributed by atoms with Crippen LogP contribution in [0.4, 0.5) is 0 Å².